The molecule has 4 rings (SSSR count). The molecule has 0 aromatic carbocycles. The molecule has 4 aliphatic rings. The van der Waals surface area contributed by atoms with Gasteiger partial charge in [-0.05, 0) is 41.9 Å². The van der Waals surface area contributed by atoms with Crippen molar-refractivity contribution in [2.45, 2.75) is 39.0 Å². The lowest BCUT2D eigenvalue weighted by Crippen LogP contribution is -2.56. The van der Waals surface area contributed by atoms with E-state index >= 15 is 0 Å². The summed E-state index contributed by atoms with van der Waals surface area (Å²) in [5.74, 6) is 1.26. The van der Waals surface area contributed by atoms with E-state index in [-0.39, 0.29) is 29.3 Å². The molecule has 4 atom stereocenters. The van der Waals surface area contributed by atoms with Gasteiger partial charge in [0, 0.05) is 30.6 Å². The monoisotopic (exact) mass is 332 g/mol. The second kappa shape index (κ2) is 4.83. The van der Waals surface area contributed by atoms with Gasteiger partial charge in [0.05, 0.1) is 11.2 Å². The number of alkyl halides is 1. The van der Waals surface area contributed by atoms with E-state index in [1.807, 2.05) is 13.0 Å². The molecule has 0 radical (unpaired) electrons. The molecule has 0 aliphatic heterocycles. The Kier molecular flexibility index (Phi) is 3.19. The summed E-state index contributed by atoms with van der Waals surface area (Å²) in [4.78, 5) is 25.6. The van der Waals surface area contributed by atoms with Crippen molar-refractivity contribution in [3.05, 3.63) is 35.1 Å². The number of Topliss-reactive ketones (excluding diaryl/α,β-unsaturated/α-hetero) is 2. The second-order valence-corrected chi connectivity index (χ2v) is 7.92. The highest BCUT2D eigenvalue weighted by molar-refractivity contribution is 6.21. The van der Waals surface area contributed by atoms with Gasteiger partial charge in [-0.25, -0.2) is 0 Å². The molecule has 0 spiro atoms. The molecular weight excluding hydrogens is 312 g/mol. The number of ketones is 2. The minimum Gasteiger partial charge on any atom is -0.512 e. The predicted molar refractivity (Wildman–Crippen MR) is 88.2 cm³/mol. The number of hydrogen-bond acceptors (Lipinski definition) is 3. The molecule has 0 aromatic heterocycles. The molecule has 23 heavy (non-hydrogen) atoms. The van der Waals surface area contributed by atoms with Crippen LogP contribution in [-0.4, -0.2) is 22.6 Å². The molecule has 0 aromatic rings. The number of allylic oxidation sites excluding steroid dienone is 5. The van der Waals surface area contributed by atoms with E-state index in [1.54, 1.807) is 6.08 Å². The molecule has 122 valence electrons. The molecule has 0 amide bonds. The number of hydrogen-bond donors (Lipinski definition) is 1. The van der Waals surface area contributed by atoms with Crippen molar-refractivity contribution in [1.29, 1.82) is 0 Å². The maximum absolute atomic E-state index is 13.2. The second-order valence-electron chi connectivity index (χ2n) is 7.65. The molecule has 3 nitrogen and oxygen atoms in total. The first-order chi connectivity index (χ1) is 10.9. The zero-order valence-electron chi connectivity index (χ0n) is 13.3. The topological polar surface area (TPSA) is 54.4 Å². The predicted octanol–water partition coefficient (Wildman–Crippen LogP) is 3.89. The fourth-order valence-corrected chi connectivity index (χ4v) is 5.97. The van der Waals surface area contributed by atoms with E-state index in [9.17, 15) is 14.7 Å². The van der Waals surface area contributed by atoms with E-state index in [2.05, 4.69) is 6.08 Å². The third-order valence-corrected chi connectivity index (χ3v) is 7.13. The summed E-state index contributed by atoms with van der Waals surface area (Å²) in [7, 11) is 0. The van der Waals surface area contributed by atoms with Gasteiger partial charge in [0.1, 0.15) is 11.6 Å². The van der Waals surface area contributed by atoms with Gasteiger partial charge in [0.15, 0.2) is 0 Å². The minimum atomic E-state index is -0.683. The normalized spacial score (nSPS) is 42.3. The van der Waals surface area contributed by atoms with Crippen molar-refractivity contribution in [2.75, 3.05) is 5.88 Å². The Bertz CT molecular complexity index is 701. The standard InChI is InChI=1S/C19H21ClO3/c1-18-9-17(23)19(10-20)13-5-3-12(21)8-11(13)2-4-15(19)14(18)6-7-16(18)22/h2,5,8,14-15,21H,3-4,6-7,9-10H2,1H3/t14-,15-,18-,19+/m0/s1. The van der Waals surface area contributed by atoms with Gasteiger partial charge < -0.3 is 5.11 Å². The van der Waals surface area contributed by atoms with Gasteiger partial charge in [0.25, 0.3) is 0 Å². The fraction of sp³-hybridized carbons (Fsp3) is 0.579. The number of aliphatic hydroxyl groups is 1. The molecule has 0 unspecified atom stereocenters. The van der Waals surface area contributed by atoms with Gasteiger partial charge >= 0.3 is 0 Å². The Balaban J connectivity index is 1.87. The van der Waals surface area contributed by atoms with Crippen LogP contribution in [0, 0.1) is 22.7 Å². The van der Waals surface area contributed by atoms with E-state index in [1.165, 1.54) is 0 Å². The molecule has 1 N–H and O–H groups in total. The van der Waals surface area contributed by atoms with Crippen LogP contribution in [0.15, 0.2) is 35.1 Å². The molecule has 4 heteroatoms. The van der Waals surface area contributed by atoms with Gasteiger partial charge in [-0.1, -0.05) is 19.1 Å². The van der Waals surface area contributed by atoms with E-state index < -0.39 is 10.8 Å². The average molecular weight is 333 g/mol. The minimum absolute atomic E-state index is 0.0985. The maximum Gasteiger partial charge on any atom is 0.145 e. The van der Waals surface area contributed by atoms with Gasteiger partial charge in [-0.15, -0.1) is 11.6 Å². The summed E-state index contributed by atoms with van der Waals surface area (Å²) in [6.45, 7) is 1.98. The Labute approximate surface area is 141 Å². The highest BCUT2D eigenvalue weighted by atomic mass is 35.5. The smallest absolute Gasteiger partial charge is 0.145 e. The van der Waals surface area contributed by atoms with Crippen LogP contribution < -0.4 is 0 Å². The first-order valence-corrected chi connectivity index (χ1v) is 8.90. The molecule has 0 bridgehead atoms. The van der Waals surface area contributed by atoms with Crippen LogP contribution in [0.25, 0.3) is 0 Å². The highest BCUT2D eigenvalue weighted by Crippen LogP contribution is 2.63. The average Bonchev–Trinajstić information content (AvgIpc) is 2.81. The van der Waals surface area contributed by atoms with Crippen molar-refractivity contribution in [2.24, 2.45) is 22.7 Å². The van der Waals surface area contributed by atoms with Crippen molar-refractivity contribution in [3.63, 3.8) is 0 Å². The molecule has 4 aliphatic carbocycles. The van der Waals surface area contributed by atoms with E-state index in [0.717, 1.165) is 24.0 Å². The summed E-state index contributed by atoms with van der Waals surface area (Å²) in [6, 6.07) is 0. The van der Waals surface area contributed by atoms with Crippen LogP contribution in [0.1, 0.15) is 39.0 Å². The van der Waals surface area contributed by atoms with E-state index in [0.29, 0.717) is 25.0 Å². The van der Waals surface area contributed by atoms with Crippen LogP contribution in [0.5, 0.6) is 0 Å². The number of rotatable bonds is 1. The van der Waals surface area contributed by atoms with Gasteiger partial charge in [-0.3, -0.25) is 9.59 Å². The van der Waals surface area contributed by atoms with Crippen LogP contribution in [0.3, 0.4) is 0 Å². The molecular formula is C19H21ClO3. The van der Waals surface area contributed by atoms with Crippen molar-refractivity contribution in [3.8, 4) is 0 Å². The molecule has 2 saturated carbocycles. The SMILES string of the molecule is C[C@]12CC(=O)[C@]3(CCl)C4=CCC(O)=CC4=CC[C@H]3[C@@H]1CCC2=O. The summed E-state index contributed by atoms with van der Waals surface area (Å²) < 4.78 is 0. The molecule has 0 heterocycles. The quantitative estimate of drug-likeness (QED) is 0.741. The van der Waals surface area contributed by atoms with Crippen LogP contribution >= 0.6 is 11.6 Å². The zero-order chi connectivity index (χ0) is 16.4. The number of aliphatic hydroxyl groups excluding tert-OH is 1. The van der Waals surface area contributed by atoms with Crippen LogP contribution in [0.4, 0.5) is 0 Å². The third-order valence-electron chi connectivity index (χ3n) is 6.71. The lowest BCUT2D eigenvalue weighted by molar-refractivity contribution is -0.147. The Morgan fingerprint density at radius 1 is 1.26 bits per heavy atom. The number of fused-ring (bicyclic) bond motifs is 5. The van der Waals surface area contributed by atoms with Crippen molar-refractivity contribution >= 4 is 23.2 Å². The zero-order valence-corrected chi connectivity index (χ0v) is 14.0. The first-order valence-electron chi connectivity index (χ1n) is 8.37. The Morgan fingerprint density at radius 3 is 2.78 bits per heavy atom. The summed E-state index contributed by atoms with van der Waals surface area (Å²) >= 11 is 6.41. The lowest BCUT2D eigenvalue weighted by atomic mass is 9.48. The van der Waals surface area contributed by atoms with Crippen LogP contribution in [0.2, 0.25) is 0 Å². The van der Waals surface area contributed by atoms with Crippen molar-refractivity contribution in [1.82, 2.24) is 0 Å². The Hall–Kier alpha value is -1.35. The highest BCUT2D eigenvalue weighted by Gasteiger charge is 2.64. The first kappa shape index (κ1) is 15.2. The largest absolute Gasteiger partial charge is 0.512 e. The lowest BCUT2D eigenvalue weighted by Gasteiger charge is -2.54. The molecule has 2 fully saturated rings. The van der Waals surface area contributed by atoms with E-state index in [4.69, 9.17) is 11.6 Å². The number of carbonyl (C=O) groups excluding carboxylic acids is 2. The third kappa shape index (κ3) is 1.77. The number of halogens is 1. The summed E-state index contributed by atoms with van der Waals surface area (Å²) in [5.41, 5.74) is 0.730. The number of carbonyl (C=O) groups is 2. The maximum atomic E-state index is 13.2. The van der Waals surface area contributed by atoms with Gasteiger partial charge in [0.2, 0.25) is 0 Å². The van der Waals surface area contributed by atoms with Crippen molar-refractivity contribution < 1.29 is 14.7 Å². The fourth-order valence-electron chi connectivity index (χ4n) is 5.48. The Morgan fingerprint density at radius 2 is 2.04 bits per heavy atom. The summed E-state index contributed by atoms with van der Waals surface area (Å²) in [5, 5.41) is 9.81. The summed E-state index contributed by atoms with van der Waals surface area (Å²) in [6.07, 6.45) is 8.80. The molecule has 0 saturated heterocycles. The van der Waals surface area contributed by atoms with Crippen LogP contribution in [-0.2, 0) is 9.59 Å². The van der Waals surface area contributed by atoms with Gasteiger partial charge in [-0.2, -0.15) is 0 Å².